The maximum Gasteiger partial charge on any atom is 0.254 e. The smallest absolute Gasteiger partial charge is 0.254 e. The fourth-order valence-electron chi connectivity index (χ4n) is 3.26. The van der Waals surface area contributed by atoms with E-state index < -0.39 is 15.3 Å². The quantitative estimate of drug-likeness (QED) is 0.909. The number of carbonyl (C=O) groups excluding carboxylic acids is 1. The van der Waals surface area contributed by atoms with Crippen molar-refractivity contribution in [1.82, 2.24) is 4.90 Å². The van der Waals surface area contributed by atoms with Crippen molar-refractivity contribution in [2.75, 3.05) is 13.1 Å². The largest absolute Gasteiger partial charge is 0.337 e. The minimum atomic E-state index is -3.63. The van der Waals surface area contributed by atoms with Crippen LogP contribution in [0.1, 0.15) is 34.3 Å². The summed E-state index contributed by atoms with van der Waals surface area (Å²) in [5, 5.41) is 4.60. The van der Waals surface area contributed by atoms with E-state index in [2.05, 4.69) is 0 Å². The summed E-state index contributed by atoms with van der Waals surface area (Å²) in [7, 11) is -3.63. The van der Waals surface area contributed by atoms with Gasteiger partial charge in [-0.05, 0) is 36.5 Å². The molecule has 0 aliphatic carbocycles. The Bertz CT molecular complexity index is 850. The normalized spacial score (nSPS) is 18.1. The number of hydrogen-bond donors (Lipinski definition) is 1. The van der Waals surface area contributed by atoms with Crippen LogP contribution in [0.15, 0.2) is 54.6 Å². The Morgan fingerprint density at radius 3 is 2.48 bits per heavy atom. The van der Waals surface area contributed by atoms with E-state index in [4.69, 9.17) is 5.14 Å². The number of rotatable bonds is 4. The minimum absolute atomic E-state index is 0.125. The van der Waals surface area contributed by atoms with Crippen molar-refractivity contribution in [1.29, 1.82) is 0 Å². The van der Waals surface area contributed by atoms with Crippen LogP contribution in [0.25, 0.3) is 0 Å². The Morgan fingerprint density at radius 2 is 1.76 bits per heavy atom. The first-order chi connectivity index (χ1) is 11.9. The molecule has 1 aliphatic rings. The lowest BCUT2D eigenvalue weighted by Crippen LogP contribution is -2.47. The van der Waals surface area contributed by atoms with E-state index in [9.17, 15) is 13.2 Å². The zero-order valence-electron chi connectivity index (χ0n) is 14.0. The maximum absolute atomic E-state index is 13.0. The molecule has 0 radical (unpaired) electrons. The average molecular weight is 358 g/mol. The third kappa shape index (κ3) is 4.27. The van der Waals surface area contributed by atoms with Crippen LogP contribution in [0.3, 0.4) is 0 Å². The van der Waals surface area contributed by atoms with E-state index in [1.54, 1.807) is 11.0 Å². The van der Waals surface area contributed by atoms with Gasteiger partial charge in [-0.15, -0.1) is 0 Å². The second-order valence-electron chi connectivity index (χ2n) is 6.42. The van der Waals surface area contributed by atoms with Crippen LogP contribution in [-0.2, 0) is 16.4 Å². The molecule has 0 bridgehead atoms. The highest BCUT2D eigenvalue weighted by Crippen LogP contribution is 2.21. The summed E-state index contributed by atoms with van der Waals surface area (Å²) in [4.78, 5) is 14.6. The Balaban J connectivity index is 1.83. The molecule has 3 rings (SSSR count). The van der Waals surface area contributed by atoms with Gasteiger partial charge in [0.15, 0.2) is 0 Å². The highest BCUT2D eigenvalue weighted by atomic mass is 32.2. The zero-order chi connectivity index (χ0) is 17.9. The van der Waals surface area contributed by atoms with Gasteiger partial charge in [0.2, 0.25) is 10.0 Å². The fourth-order valence-corrected chi connectivity index (χ4v) is 4.14. The van der Waals surface area contributed by atoms with Crippen molar-refractivity contribution in [3.63, 3.8) is 0 Å². The van der Waals surface area contributed by atoms with E-state index in [1.807, 2.05) is 48.5 Å². The molecule has 1 aliphatic heterocycles. The van der Waals surface area contributed by atoms with Crippen molar-refractivity contribution in [3.05, 3.63) is 71.3 Å². The van der Waals surface area contributed by atoms with Gasteiger partial charge < -0.3 is 4.90 Å². The topological polar surface area (TPSA) is 80.5 Å². The second kappa shape index (κ2) is 7.37. The summed E-state index contributed by atoms with van der Waals surface area (Å²) in [6.45, 7) is 0.724. The van der Waals surface area contributed by atoms with Gasteiger partial charge in [0.1, 0.15) is 0 Å². The third-order valence-corrected chi connectivity index (χ3v) is 5.93. The zero-order valence-corrected chi connectivity index (χ0v) is 14.8. The third-order valence-electron chi connectivity index (χ3n) is 4.62. The summed E-state index contributed by atoms with van der Waals surface area (Å²) < 4.78 is 23.3. The first-order valence-electron chi connectivity index (χ1n) is 8.38. The number of amides is 1. The van der Waals surface area contributed by atoms with Crippen molar-refractivity contribution in [2.24, 2.45) is 5.14 Å². The molecule has 0 spiro atoms. The molecule has 0 saturated carbocycles. The number of carbonyl (C=O) groups is 1. The van der Waals surface area contributed by atoms with Gasteiger partial charge in [-0.2, -0.15) is 0 Å². The summed E-state index contributed by atoms with van der Waals surface area (Å²) in [5.41, 5.74) is 2.70. The predicted octanol–water partition coefficient (Wildman–Crippen LogP) is 2.17. The van der Waals surface area contributed by atoms with Crippen LogP contribution in [0, 0.1) is 0 Å². The molecule has 132 valence electrons. The van der Waals surface area contributed by atoms with Crippen LogP contribution in [0.2, 0.25) is 0 Å². The number of primary sulfonamides is 1. The molecule has 2 aromatic carbocycles. The van der Waals surface area contributed by atoms with Gasteiger partial charge >= 0.3 is 0 Å². The number of piperidine rings is 1. The summed E-state index contributed by atoms with van der Waals surface area (Å²) in [6, 6.07) is 17.5. The van der Waals surface area contributed by atoms with E-state index in [-0.39, 0.29) is 12.5 Å². The molecule has 25 heavy (non-hydrogen) atoms. The average Bonchev–Trinajstić information content (AvgIpc) is 2.62. The van der Waals surface area contributed by atoms with Crippen LogP contribution in [-0.4, -0.2) is 37.6 Å². The lowest BCUT2D eigenvalue weighted by atomic mass is 9.98. The van der Waals surface area contributed by atoms with E-state index >= 15 is 0 Å². The standard InChI is InChI=1S/C19H22N2O3S/c20-25(23,24)17-10-6-12-21(14-17)19(22)18-11-5-4-9-16(18)13-15-7-2-1-3-8-15/h1-5,7-9,11,17H,6,10,12-14H2,(H2,20,23,24). The monoisotopic (exact) mass is 358 g/mol. The molecule has 0 aromatic heterocycles. The summed E-state index contributed by atoms with van der Waals surface area (Å²) in [6.07, 6.45) is 1.82. The van der Waals surface area contributed by atoms with Crippen molar-refractivity contribution in [3.8, 4) is 0 Å². The Hall–Kier alpha value is -2.18. The lowest BCUT2D eigenvalue weighted by molar-refractivity contribution is 0.0726. The number of likely N-dealkylation sites (tertiary alicyclic amines) is 1. The molecule has 1 atom stereocenters. The number of sulfonamides is 1. The summed E-state index contributed by atoms with van der Waals surface area (Å²) >= 11 is 0. The van der Waals surface area contributed by atoms with Gasteiger partial charge in [-0.1, -0.05) is 48.5 Å². The first-order valence-corrected chi connectivity index (χ1v) is 9.99. The molecule has 1 amide bonds. The number of nitrogens with zero attached hydrogens (tertiary/aromatic N) is 1. The lowest BCUT2D eigenvalue weighted by Gasteiger charge is -2.32. The van der Waals surface area contributed by atoms with E-state index in [0.29, 0.717) is 31.4 Å². The van der Waals surface area contributed by atoms with Gasteiger partial charge in [0.05, 0.1) is 5.25 Å². The molecular weight excluding hydrogens is 336 g/mol. The molecule has 6 heteroatoms. The minimum Gasteiger partial charge on any atom is -0.337 e. The number of nitrogens with two attached hydrogens (primary N) is 1. The maximum atomic E-state index is 13.0. The molecular formula is C19H22N2O3S. The van der Waals surface area contributed by atoms with Crippen molar-refractivity contribution in [2.45, 2.75) is 24.5 Å². The highest BCUT2D eigenvalue weighted by molar-refractivity contribution is 7.89. The fraction of sp³-hybridized carbons (Fsp3) is 0.316. The molecule has 5 nitrogen and oxygen atoms in total. The first kappa shape index (κ1) is 17.6. The second-order valence-corrected chi connectivity index (χ2v) is 8.27. The Labute approximate surface area is 148 Å². The number of hydrogen-bond acceptors (Lipinski definition) is 3. The SMILES string of the molecule is NS(=O)(=O)C1CCCN(C(=O)c2ccccc2Cc2ccccc2)C1. The van der Waals surface area contributed by atoms with Crippen LogP contribution >= 0.6 is 0 Å². The van der Waals surface area contributed by atoms with Crippen LogP contribution in [0.5, 0.6) is 0 Å². The van der Waals surface area contributed by atoms with Gasteiger partial charge in [0, 0.05) is 18.7 Å². The molecule has 1 saturated heterocycles. The van der Waals surface area contributed by atoms with Crippen molar-refractivity contribution < 1.29 is 13.2 Å². The molecule has 1 heterocycles. The molecule has 2 aromatic rings. The molecule has 1 unspecified atom stereocenters. The van der Waals surface area contributed by atoms with Crippen molar-refractivity contribution >= 4 is 15.9 Å². The Kier molecular flexibility index (Phi) is 5.20. The van der Waals surface area contributed by atoms with Gasteiger partial charge in [-0.25, -0.2) is 13.6 Å². The Morgan fingerprint density at radius 1 is 1.08 bits per heavy atom. The van der Waals surface area contributed by atoms with Crippen LogP contribution < -0.4 is 5.14 Å². The number of benzene rings is 2. The van der Waals surface area contributed by atoms with E-state index in [0.717, 1.165) is 11.1 Å². The highest BCUT2D eigenvalue weighted by Gasteiger charge is 2.31. The van der Waals surface area contributed by atoms with E-state index in [1.165, 1.54) is 0 Å². The summed E-state index contributed by atoms with van der Waals surface area (Å²) in [5.74, 6) is -0.125. The van der Waals surface area contributed by atoms with Gasteiger partial charge in [0.25, 0.3) is 5.91 Å². The van der Waals surface area contributed by atoms with Gasteiger partial charge in [-0.3, -0.25) is 4.79 Å². The molecule has 1 fully saturated rings. The predicted molar refractivity (Wildman–Crippen MR) is 97.7 cm³/mol. The molecule has 2 N–H and O–H groups in total. The van der Waals surface area contributed by atoms with Crippen LogP contribution in [0.4, 0.5) is 0 Å².